The maximum absolute atomic E-state index is 11.8. The Morgan fingerprint density at radius 2 is 1.72 bits per heavy atom. The highest BCUT2D eigenvalue weighted by atomic mass is 16.7. The number of carbonyl (C=O) groups is 1. The zero-order valence-electron chi connectivity index (χ0n) is 16.2. The molecule has 138 valence electrons. The first kappa shape index (κ1) is 19.7. The predicted octanol–water partition coefficient (Wildman–Crippen LogP) is 4.82. The second-order valence-corrected chi connectivity index (χ2v) is 8.16. The summed E-state index contributed by atoms with van der Waals surface area (Å²) >= 11 is 0. The Labute approximate surface area is 151 Å². The molecule has 1 atom stereocenters. The topological polar surface area (TPSA) is 38.8 Å². The van der Waals surface area contributed by atoms with Gasteiger partial charge < -0.3 is 4.74 Å². The van der Waals surface area contributed by atoms with E-state index in [9.17, 15) is 4.79 Å². The molecule has 1 aliphatic rings. The Bertz CT molecular complexity index is 591. The van der Waals surface area contributed by atoms with Gasteiger partial charge in [0.25, 0.3) is 0 Å². The fourth-order valence-electron chi connectivity index (χ4n) is 3.52. The lowest BCUT2D eigenvalue weighted by Crippen LogP contribution is -2.58. The molecule has 0 bridgehead atoms. The van der Waals surface area contributed by atoms with Crippen LogP contribution in [-0.2, 0) is 14.4 Å². The van der Waals surface area contributed by atoms with E-state index in [4.69, 9.17) is 9.57 Å². The van der Waals surface area contributed by atoms with Crippen molar-refractivity contribution in [3.05, 3.63) is 48.0 Å². The number of rotatable bonds is 6. The second kappa shape index (κ2) is 7.71. The van der Waals surface area contributed by atoms with Gasteiger partial charge in [-0.25, -0.2) is 4.79 Å². The van der Waals surface area contributed by atoms with Crippen molar-refractivity contribution in [1.82, 2.24) is 5.06 Å². The molecule has 1 aromatic rings. The van der Waals surface area contributed by atoms with Crippen LogP contribution in [0.3, 0.4) is 0 Å². The highest BCUT2D eigenvalue weighted by molar-refractivity contribution is 5.86. The summed E-state index contributed by atoms with van der Waals surface area (Å²) in [5.41, 5.74) is 1.24. The van der Waals surface area contributed by atoms with Gasteiger partial charge in [-0.15, -0.1) is 0 Å². The first-order valence-electron chi connectivity index (χ1n) is 8.98. The number of hydroxylamine groups is 2. The summed E-state index contributed by atoms with van der Waals surface area (Å²) < 4.78 is 5.41. The van der Waals surface area contributed by atoms with E-state index in [1.807, 2.05) is 30.3 Å². The minimum atomic E-state index is -0.387. The molecule has 0 saturated carbocycles. The van der Waals surface area contributed by atoms with E-state index in [1.54, 1.807) is 6.92 Å². The molecule has 0 aliphatic carbocycles. The summed E-state index contributed by atoms with van der Waals surface area (Å²) in [4.78, 5) is 18.3. The molecule has 1 saturated heterocycles. The van der Waals surface area contributed by atoms with Gasteiger partial charge in [0.15, 0.2) is 0 Å². The van der Waals surface area contributed by atoms with Crippen molar-refractivity contribution in [2.45, 2.75) is 71.1 Å². The number of carbonyl (C=O) groups excluding carboxylic acids is 1. The van der Waals surface area contributed by atoms with E-state index in [-0.39, 0.29) is 29.8 Å². The number of hydrogen-bond donors (Lipinski definition) is 0. The van der Waals surface area contributed by atoms with Crippen LogP contribution in [0.5, 0.6) is 0 Å². The number of hydrogen-bond acceptors (Lipinski definition) is 4. The molecule has 1 unspecified atom stereocenters. The lowest BCUT2D eigenvalue weighted by Gasteiger charge is -2.52. The highest BCUT2D eigenvalue weighted by Gasteiger charge is 2.43. The molecule has 0 amide bonds. The van der Waals surface area contributed by atoms with E-state index >= 15 is 0 Å². The fraction of sp³-hybridized carbons (Fsp3) is 0.571. The molecule has 25 heavy (non-hydrogen) atoms. The first-order valence-corrected chi connectivity index (χ1v) is 8.98. The molecule has 1 heterocycles. The monoisotopic (exact) mass is 345 g/mol. The third-order valence-corrected chi connectivity index (χ3v) is 4.80. The summed E-state index contributed by atoms with van der Waals surface area (Å²) in [6.45, 7) is 14.3. The molecule has 0 spiro atoms. The molecule has 0 radical (unpaired) electrons. The van der Waals surface area contributed by atoms with Crippen LogP contribution >= 0.6 is 0 Å². The maximum Gasteiger partial charge on any atom is 0.333 e. The van der Waals surface area contributed by atoms with Crippen LogP contribution in [0.25, 0.3) is 0 Å². The average Bonchev–Trinajstić information content (AvgIpc) is 2.53. The van der Waals surface area contributed by atoms with Gasteiger partial charge in [0, 0.05) is 16.7 Å². The Balaban J connectivity index is 2.22. The van der Waals surface area contributed by atoms with Gasteiger partial charge in [0.2, 0.25) is 0 Å². The predicted molar refractivity (Wildman–Crippen MR) is 99.9 cm³/mol. The Kier molecular flexibility index (Phi) is 6.07. The van der Waals surface area contributed by atoms with Crippen LogP contribution in [-0.4, -0.2) is 28.7 Å². The summed E-state index contributed by atoms with van der Waals surface area (Å²) in [6.07, 6.45) is 2.98. The molecule has 1 fully saturated rings. The zero-order valence-corrected chi connectivity index (χ0v) is 16.2. The van der Waals surface area contributed by atoms with Gasteiger partial charge in [0.05, 0.1) is 0 Å². The van der Waals surface area contributed by atoms with Gasteiger partial charge in [-0.2, -0.15) is 5.06 Å². The van der Waals surface area contributed by atoms with Crippen LogP contribution in [0.4, 0.5) is 0 Å². The van der Waals surface area contributed by atoms with E-state index in [0.29, 0.717) is 5.57 Å². The van der Waals surface area contributed by atoms with Crippen molar-refractivity contribution < 1.29 is 14.4 Å². The zero-order chi connectivity index (χ0) is 18.7. The van der Waals surface area contributed by atoms with E-state index in [0.717, 1.165) is 18.4 Å². The SMILES string of the molecule is C=C(C)C(=O)OCC(ON1C(C)(C)CCCC1(C)C)c1ccccc1. The fourth-order valence-corrected chi connectivity index (χ4v) is 3.52. The van der Waals surface area contributed by atoms with Crippen molar-refractivity contribution in [2.24, 2.45) is 0 Å². The summed E-state index contributed by atoms with van der Waals surface area (Å²) in [5, 5.41) is 2.11. The van der Waals surface area contributed by atoms with Crippen LogP contribution < -0.4 is 0 Å². The van der Waals surface area contributed by atoms with Gasteiger partial charge in [-0.1, -0.05) is 36.9 Å². The summed E-state index contributed by atoms with van der Waals surface area (Å²) in [7, 11) is 0. The summed E-state index contributed by atoms with van der Waals surface area (Å²) in [6, 6.07) is 9.92. The normalized spacial score (nSPS) is 20.7. The van der Waals surface area contributed by atoms with Gasteiger partial charge in [-0.3, -0.25) is 4.84 Å². The van der Waals surface area contributed by atoms with Crippen molar-refractivity contribution in [1.29, 1.82) is 0 Å². The van der Waals surface area contributed by atoms with Crippen molar-refractivity contribution in [3.63, 3.8) is 0 Å². The lowest BCUT2D eigenvalue weighted by molar-refractivity contribution is -0.311. The molecule has 0 aromatic heterocycles. The standard InChI is InChI=1S/C21H31NO3/c1-16(2)19(23)24-15-18(17-11-8-7-9-12-17)25-22-20(3,4)13-10-14-21(22,5)6/h7-9,11-12,18H,1,10,13-15H2,2-6H3. The van der Waals surface area contributed by atoms with Crippen LogP contribution in [0, 0.1) is 0 Å². The number of esters is 1. The smallest absolute Gasteiger partial charge is 0.333 e. The van der Waals surface area contributed by atoms with E-state index in [2.05, 4.69) is 39.3 Å². The summed E-state index contributed by atoms with van der Waals surface area (Å²) in [5.74, 6) is -0.387. The molecule has 4 nitrogen and oxygen atoms in total. The Hall–Kier alpha value is -1.65. The number of piperidine rings is 1. The van der Waals surface area contributed by atoms with Crippen molar-refractivity contribution in [2.75, 3.05) is 6.61 Å². The van der Waals surface area contributed by atoms with Crippen molar-refractivity contribution in [3.8, 4) is 0 Å². The molecule has 2 rings (SSSR count). The number of ether oxygens (including phenoxy) is 1. The Morgan fingerprint density at radius 3 is 2.24 bits per heavy atom. The van der Waals surface area contributed by atoms with E-state index in [1.165, 1.54) is 6.42 Å². The third kappa shape index (κ3) is 4.93. The second-order valence-electron chi connectivity index (χ2n) is 8.16. The van der Waals surface area contributed by atoms with E-state index < -0.39 is 0 Å². The third-order valence-electron chi connectivity index (χ3n) is 4.80. The number of benzene rings is 1. The first-order chi connectivity index (χ1) is 11.6. The average molecular weight is 345 g/mol. The highest BCUT2D eigenvalue weighted by Crippen LogP contribution is 2.40. The van der Waals surface area contributed by atoms with Crippen molar-refractivity contribution >= 4 is 5.97 Å². The largest absolute Gasteiger partial charge is 0.459 e. The quantitative estimate of drug-likeness (QED) is 0.547. The maximum atomic E-state index is 11.8. The van der Waals surface area contributed by atoms with Gasteiger partial charge >= 0.3 is 5.97 Å². The molecule has 1 aromatic carbocycles. The minimum absolute atomic E-state index is 0.0762. The Morgan fingerprint density at radius 1 is 1.16 bits per heavy atom. The lowest BCUT2D eigenvalue weighted by atomic mass is 9.82. The molecular weight excluding hydrogens is 314 g/mol. The molecular formula is C21H31NO3. The van der Waals surface area contributed by atoms with Gasteiger partial charge in [-0.05, 0) is 59.4 Å². The molecule has 1 aliphatic heterocycles. The molecule has 4 heteroatoms. The van der Waals surface area contributed by atoms with Crippen LogP contribution in [0.15, 0.2) is 42.5 Å². The van der Waals surface area contributed by atoms with Gasteiger partial charge in [0.1, 0.15) is 12.7 Å². The molecule has 0 N–H and O–H groups in total. The minimum Gasteiger partial charge on any atom is -0.459 e. The van der Waals surface area contributed by atoms with Crippen LogP contribution in [0.1, 0.15) is 65.5 Å². The number of nitrogens with zero attached hydrogens (tertiary/aromatic N) is 1. The van der Waals surface area contributed by atoms with Crippen LogP contribution in [0.2, 0.25) is 0 Å².